The molecule has 0 bridgehead atoms. The van der Waals surface area contributed by atoms with Gasteiger partial charge in [0.15, 0.2) is 11.5 Å². The Morgan fingerprint density at radius 3 is 2.30 bits per heavy atom. The fraction of sp³-hybridized carbons (Fsp3) is 0.267. The minimum absolute atomic E-state index is 0.456. The Labute approximate surface area is 131 Å². The molecular formula is C15H16O8. The first kappa shape index (κ1) is 18.0. The number of aliphatic carboxylic acids is 2. The summed E-state index contributed by atoms with van der Waals surface area (Å²) in [5, 5.41) is 17.3. The molecule has 8 heteroatoms. The van der Waals surface area contributed by atoms with Gasteiger partial charge in [0.1, 0.15) is 0 Å². The number of hydrogen-bond donors (Lipinski definition) is 2. The van der Waals surface area contributed by atoms with Crippen molar-refractivity contribution in [3.8, 4) is 11.5 Å². The molecule has 0 aliphatic heterocycles. The van der Waals surface area contributed by atoms with Crippen LogP contribution in [-0.4, -0.2) is 48.4 Å². The van der Waals surface area contributed by atoms with Gasteiger partial charge >= 0.3 is 17.9 Å². The van der Waals surface area contributed by atoms with Crippen LogP contribution in [0.4, 0.5) is 0 Å². The molecule has 8 nitrogen and oxygen atoms in total. The van der Waals surface area contributed by atoms with Crippen molar-refractivity contribution in [2.45, 2.75) is 12.5 Å². The molecule has 1 aromatic carbocycles. The quantitative estimate of drug-likeness (QED) is 0.540. The highest BCUT2D eigenvalue weighted by molar-refractivity contribution is 5.90. The summed E-state index contributed by atoms with van der Waals surface area (Å²) >= 11 is 0. The number of hydrogen-bond acceptors (Lipinski definition) is 6. The molecule has 1 rings (SSSR count). The molecule has 0 heterocycles. The van der Waals surface area contributed by atoms with Crippen LogP contribution in [0.15, 0.2) is 24.3 Å². The third-order valence-corrected chi connectivity index (χ3v) is 2.71. The zero-order valence-electron chi connectivity index (χ0n) is 12.5. The lowest BCUT2D eigenvalue weighted by Crippen LogP contribution is -2.28. The van der Waals surface area contributed by atoms with Crippen LogP contribution in [0.1, 0.15) is 12.0 Å². The Kier molecular flexibility index (Phi) is 6.60. The molecule has 0 aliphatic rings. The second-order valence-electron chi connectivity index (χ2n) is 4.31. The molecule has 23 heavy (non-hydrogen) atoms. The van der Waals surface area contributed by atoms with Crippen molar-refractivity contribution in [2.75, 3.05) is 14.2 Å². The molecule has 1 atom stereocenters. The zero-order valence-corrected chi connectivity index (χ0v) is 12.5. The molecule has 0 amide bonds. The van der Waals surface area contributed by atoms with Gasteiger partial charge in [0.2, 0.25) is 6.10 Å². The van der Waals surface area contributed by atoms with Crippen LogP contribution >= 0.6 is 0 Å². The lowest BCUT2D eigenvalue weighted by Gasteiger charge is -2.10. The maximum Gasteiger partial charge on any atom is 0.345 e. The molecule has 0 saturated heterocycles. The summed E-state index contributed by atoms with van der Waals surface area (Å²) in [5.74, 6) is -2.90. The summed E-state index contributed by atoms with van der Waals surface area (Å²) in [6.07, 6.45) is -0.177. The minimum atomic E-state index is -1.74. The summed E-state index contributed by atoms with van der Waals surface area (Å²) in [7, 11) is 2.95. The minimum Gasteiger partial charge on any atom is -0.493 e. The normalized spacial score (nSPS) is 11.7. The molecule has 0 fully saturated rings. The molecule has 0 spiro atoms. The van der Waals surface area contributed by atoms with Crippen LogP contribution in [0.5, 0.6) is 11.5 Å². The van der Waals surface area contributed by atoms with E-state index < -0.39 is 30.4 Å². The molecule has 1 aromatic rings. The van der Waals surface area contributed by atoms with Gasteiger partial charge in [-0.05, 0) is 23.8 Å². The average Bonchev–Trinajstić information content (AvgIpc) is 2.51. The highest BCUT2D eigenvalue weighted by Crippen LogP contribution is 2.27. The zero-order chi connectivity index (χ0) is 17.4. The van der Waals surface area contributed by atoms with Gasteiger partial charge in [-0.1, -0.05) is 6.07 Å². The van der Waals surface area contributed by atoms with E-state index >= 15 is 0 Å². The Morgan fingerprint density at radius 1 is 1.13 bits per heavy atom. The van der Waals surface area contributed by atoms with Crippen LogP contribution < -0.4 is 9.47 Å². The number of methoxy groups -OCH3 is 2. The smallest absolute Gasteiger partial charge is 0.345 e. The third-order valence-electron chi connectivity index (χ3n) is 2.71. The number of carboxylic acids is 2. The van der Waals surface area contributed by atoms with Gasteiger partial charge in [-0.3, -0.25) is 4.79 Å². The molecule has 0 saturated carbocycles. The van der Waals surface area contributed by atoms with E-state index in [1.165, 1.54) is 20.3 Å². The van der Waals surface area contributed by atoms with Gasteiger partial charge in [0, 0.05) is 6.08 Å². The second-order valence-corrected chi connectivity index (χ2v) is 4.31. The van der Waals surface area contributed by atoms with E-state index in [-0.39, 0.29) is 0 Å². The Balaban J connectivity index is 2.78. The van der Waals surface area contributed by atoms with E-state index in [0.717, 1.165) is 6.08 Å². The van der Waals surface area contributed by atoms with Crippen molar-refractivity contribution >= 4 is 24.0 Å². The first-order valence-corrected chi connectivity index (χ1v) is 6.42. The van der Waals surface area contributed by atoms with Gasteiger partial charge < -0.3 is 24.4 Å². The van der Waals surface area contributed by atoms with Crippen molar-refractivity contribution in [3.63, 3.8) is 0 Å². The number of carbonyl (C=O) groups is 3. The fourth-order valence-electron chi connectivity index (χ4n) is 1.64. The molecule has 124 valence electrons. The van der Waals surface area contributed by atoms with Crippen LogP contribution in [0, 0.1) is 0 Å². The number of carboxylic acid groups (broad SMARTS) is 2. The van der Waals surface area contributed by atoms with Gasteiger partial charge in [0.05, 0.1) is 20.6 Å². The van der Waals surface area contributed by atoms with Crippen LogP contribution in [0.3, 0.4) is 0 Å². The van der Waals surface area contributed by atoms with Crippen molar-refractivity contribution in [1.29, 1.82) is 0 Å². The monoisotopic (exact) mass is 324 g/mol. The first-order valence-electron chi connectivity index (χ1n) is 6.42. The van der Waals surface area contributed by atoms with E-state index in [1.807, 2.05) is 0 Å². The summed E-state index contributed by atoms with van der Waals surface area (Å²) in [5.41, 5.74) is 0.588. The van der Waals surface area contributed by atoms with Crippen molar-refractivity contribution in [2.24, 2.45) is 0 Å². The highest BCUT2D eigenvalue weighted by atomic mass is 16.6. The van der Waals surface area contributed by atoms with Crippen molar-refractivity contribution < 1.29 is 38.8 Å². The largest absolute Gasteiger partial charge is 0.493 e. The maximum absolute atomic E-state index is 11.6. The number of benzene rings is 1. The lowest BCUT2D eigenvalue weighted by molar-refractivity contribution is -0.164. The third kappa shape index (κ3) is 5.70. The van der Waals surface area contributed by atoms with Gasteiger partial charge in [-0.25, -0.2) is 9.59 Å². The number of carbonyl (C=O) groups excluding carboxylic acids is 1. The summed E-state index contributed by atoms with van der Waals surface area (Å²) < 4.78 is 14.8. The fourth-order valence-corrected chi connectivity index (χ4v) is 1.64. The lowest BCUT2D eigenvalue weighted by atomic mass is 10.2. The Bertz CT molecular complexity index is 620. The average molecular weight is 324 g/mol. The standard InChI is InChI=1S/C15H16O8/c1-21-10-5-3-9(7-11(10)22-2)4-6-14(18)23-12(15(19)20)8-13(16)17/h3-7,12H,8H2,1-2H3,(H,16,17)(H,19,20)/b6-4+/t12-/m0/s1. The molecule has 0 radical (unpaired) electrons. The van der Waals surface area contributed by atoms with E-state index in [2.05, 4.69) is 4.74 Å². The van der Waals surface area contributed by atoms with Crippen LogP contribution in [0.25, 0.3) is 6.08 Å². The predicted octanol–water partition coefficient (Wildman–Crippen LogP) is 1.19. The maximum atomic E-state index is 11.6. The summed E-state index contributed by atoms with van der Waals surface area (Å²) in [4.78, 5) is 32.9. The Morgan fingerprint density at radius 2 is 1.78 bits per heavy atom. The summed E-state index contributed by atoms with van der Waals surface area (Å²) in [6, 6.07) is 4.89. The first-order chi connectivity index (χ1) is 10.9. The van der Waals surface area contributed by atoms with Crippen molar-refractivity contribution in [3.05, 3.63) is 29.8 Å². The van der Waals surface area contributed by atoms with Gasteiger partial charge in [-0.2, -0.15) is 0 Å². The molecule has 0 unspecified atom stereocenters. The number of esters is 1. The molecular weight excluding hydrogens is 308 g/mol. The second kappa shape index (κ2) is 8.42. The number of rotatable bonds is 8. The molecule has 2 N–H and O–H groups in total. The van der Waals surface area contributed by atoms with Crippen molar-refractivity contribution in [1.82, 2.24) is 0 Å². The van der Waals surface area contributed by atoms with Gasteiger partial charge in [0.25, 0.3) is 0 Å². The predicted molar refractivity (Wildman–Crippen MR) is 78.3 cm³/mol. The highest BCUT2D eigenvalue weighted by Gasteiger charge is 2.24. The van der Waals surface area contributed by atoms with E-state index in [9.17, 15) is 14.4 Å². The Hall–Kier alpha value is -3.03. The van der Waals surface area contributed by atoms with Crippen LogP contribution in [-0.2, 0) is 19.1 Å². The summed E-state index contributed by atoms with van der Waals surface area (Å²) in [6.45, 7) is 0. The van der Waals surface area contributed by atoms with Gasteiger partial charge in [-0.15, -0.1) is 0 Å². The van der Waals surface area contributed by atoms with E-state index in [4.69, 9.17) is 19.7 Å². The SMILES string of the molecule is COc1ccc(/C=C/C(=O)O[C@@H](CC(=O)O)C(=O)O)cc1OC. The topological polar surface area (TPSA) is 119 Å². The van der Waals surface area contributed by atoms with E-state index in [1.54, 1.807) is 18.2 Å². The van der Waals surface area contributed by atoms with E-state index in [0.29, 0.717) is 17.1 Å². The number of ether oxygens (including phenoxy) is 3. The molecule has 0 aliphatic carbocycles. The van der Waals surface area contributed by atoms with Crippen LogP contribution in [0.2, 0.25) is 0 Å². The molecule has 0 aromatic heterocycles.